The van der Waals surface area contributed by atoms with E-state index < -0.39 is 0 Å². The minimum absolute atomic E-state index is 0.643. The summed E-state index contributed by atoms with van der Waals surface area (Å²) in [5, 5.41) is 0. The molecule has 0 spiro atoms. The monoisotopic (exact) mass is 293 g/mol. The van der Waals surface area contributed by atoms with E-state index in [0.717, 1.165) is 31.2 Å². The van der Waals surface area contributed by atoms with Gasteiger partial charge >= 0.3 is 0 Å². The first-order valence-electron chi connectivity index (χ1n) is 7.07. The van der Waals surface area contributed by atoms with Crippen LogP contribution in [0.3, 0.4) is 0 Å². The quantitative estimate of drug-likeness (QED) is 0.667. The third kappa shape index (κ3) is 4.72. The topological polar surface area (TPSA) is 50.9 Å². The lowest BCUT2D eigenvalue weighted by Gasteiger charge is -2.27. The van der Waals surface area contributed by atoms with Crippen molar-refractivity contribution < 1.29 is 4.74 Å². The van der Waals surface area contributed by atoms with Crippen molar-refractivity contribution in [2.24, 2.45) is 10.7 Å². The molecule has 0 radical (unpaired) electrons. The third-order valence-electron chi connectivity index (χ3n) is 3.25. The molecule has 0 bridgehead atoms. The molecule has 1 aliphatic rings. The SMILES string of the molecule is CCOCc1ccc(CN=C(N)N2CCSCC2)cc1. The summed E-state index contributed by atoms with van der Waals surface area (Å²) in [5.74, 6) is 2.95. The van der Waals surface area contributed by atoms with Crippen LogP contribution in [0.4, 0.5) is 0 Å². The van der Waals surface area contributed by atoms with Gasteiger partial charge in [-0.3, -0.25) is 0 Å². The first kappa shape index (κ1) is 15.2. The number of aliphatic imine (C=N–C) groups is 1. The maximum absolute atomic E-state index is 6.04. The summed E-state index contributed by atoms with van der Waals surface area (Å²) in [6.45, 7) is 6.08. The van der Waals surface area contributed by atoms with Crippen molar-refractivity contribution in [3.8, 4) is 0 Å². The van der Waals surface area contributed by atoms with Gasteiger partial charge in [-0.05, 0) is 18.1 Å². The second-order valence-corrected chi connectivity index (χ2v) is 5.95. The lowest BCUT2D eigenvalue weighted by molar-refractivity contribution is 0.134. The van der Waals surface area contributed by atoms with Crippen molar-refractivity contribution in [3.05, 3.63) is 35.4 Å². The largest absolute Gasteiger partial charge is 0.377 e. The number of nitrogens with two attached hydrogens (primary N) is 1. The highest BCUT2D eigenvalue weighted by Crippen LogP contribution is 2.10. The van der Waals surface area contributed by atoms with Crippen LogP contribution >= 0.6 is 11.8 Å². The zero-order chi connectivity index (χ0) is 14.2. The molecule has 5 heteroatoms. The Hall–Kier alpha value is -1.20. The van der Waals surface area contributed by atoms with E-state index in [1.54, 1.807) is 0 Å². The van der Waals surface area contributed by atoms with Crippen LogP contribution in [0, 0.1) is 0 Å². The number of hydrogen-bond acceptors (Lipinski definition) is 3. The van der Waals surface area contributed by atoms with Crippen LogP contribution in [0.15, 0.2) is 29.3 Å². The van der Waals surface area contributed by atoms with E-state index in [1.165, 1.54) is 11.1 Å². The second kappa shape index (κ2) is 8.17. The van der Waals surface area contributed by atoms with Gasteiger partial charge in [0.05, 0.1) is 13.2 Å². The molecule has 20 heavy (non-hydrogen) atoms. The highest BCUT2D eigenvalue weighted by atomic mass is 32.2. The van der Waals surface area contributed by atoms with E-state index >= 15 is 0 Å². The van der Waals surface area contributed by atoms with Crippen molar-refractivity contribution in [3.63, 3.8) is 0 Å². The number of ether oxygens (including phenoxy) is 1. The fourth-order valence-corrected chi connectivity index (χ4v) is 2.93. The lowest BCUT2D eigenvalue weighted by atomic mass is 10.1. The first-order valence-corrected chi connectivity index (χ1v) is 8.23. The van der Waals surface area contributed by atoms with E-state index in [0.29, 0.717) is 19.1 Å². The van der Waals surface area contributed by atoms with Crippen LogP contribution in [0.25, 0.3) is 0 Å². The van der Waals surface area contributed by atoms with Crippen LogP contribution in [0.5, 0.6) is 0 Å². The van der Waals surface area contributed by atoms with E-state index in [1.807, 2.05) is 18.7 Å². The molecule has 0 unspecified atom stereocenters. The molecule has 2 N–H and O–H groups in total. The van der Waals surface area contributed by atoms with E-state index in [4.69, 9.17) is 10.5 Å². The summed E-state index contributed by atoms with van der Waals surface area (Å²) in [6, 6.07) is 8.37. The molecule has 2 rings (SSSR count). The van der Waals surface area contributed by atoms with Crippen LogP contribution in [0.2, 0.25) is 0 Å². The molecule has 0 saturated carbocycles. The van der Waals surface area contributed by atoms with Crippen molar-refractivity contribution in [2.75, 3.05) is 31.2 Å². The maximum Gasteiger partial charge on any atom is 0.191 e. The molecular weight excluding hydrogens is 270 g/mol. The summed E-state index contributed by atoms with van der Waals surface area (Å²) in [4.78, 5) is 6.66. The molecule has 0 aromatic heterocycles. The Labute approximate surface area is 125 Å². The Morgan fingerprint density at radius 3 is 2.55 bits per heavy atom. The summed E-state index contributed by atoms with van der Waals surface area (Å²) >= 11 is 1.97. The molecular formula is C15H23N3OS. The molecule has 110 valence electrons. The average Bonchev–Trinajstić information content (AvgIpc) is 2.52. The summed E-state index contributed by atoms with van der Waals surface area (Å²) in [5.41, 5.74) is 8.41. The van der Waals surface area contributed by atoms with Gasteiger partial charge in [0.2, 0.25) is 0 Å². The third-order valence-corrected chi connectivity index (χ3v) is 4.20. The van der Waals surface area contributed by atoms with Gasteiger partial charge in [-0.1, -0.05) is 24.3 Å². The van der Waals surface area contributed by atoms with Crippen LogP contribution in [0.1, 0.15) is 18.1 Å². The molecule has 1 aromatic rings. The Kier molecular flexibility index (Phi) is 6.21. The van der Waals surface area contributed by atoms with E-state index in [-0.39, 0.29) is 0 Å². The molecule has 1 aliphatic heterocycles. The molecule has 0 atom stereocenters. The van der Waals surface area contributed by atoms with E-state index in [2.05, 4.69) is 34.2 Å². The number of hydrogen-bond donors (Lipinski definition) is 1. The Balaban J connectivity index is 1.85. The molecule has 1 heterocycles. The first-order chi connectivity index (χ1) is 9.79. The predicted molar refractivity (Wildman–Crippen MR) is 86.0 cm³/mol. The minimum Gasteiger partial charge on any atom is -0.377 e. The molecule has 0 aliphatic carbocycles. The number of rotatable bonds is 5. The zero-order valence-electron chi connectivity index (χ0n) is 12.0. The van der Waals surface area contributed by atoms with E-state index in [9.17, 15) is 0 Å². The van der Waals surface area contributed by atoms with Gasteiger partial charge < -0.3 is 15.4 Å². The van der Waals surface area contributed by atoms with Gasteiger partial charge in [0.1, 0.15) is 0 Å². The predicted octanol–water partition coefficient (Wildman–Crippen LogP) is 2.09. The number of nitrogens with zero attached hydrogens (tertiary/aromatic N) is 2. The zero-order valence-corrected chi connectivity index (χ0v) is 12.9. The fraction of sp³-hybridized carbons (Fsp3) is 0.533. The number of benzene rings is 1. The summed E-state index contributed by atoms with van der Waals surface area (Å²) in [7, 11) is 0. The smallest absolute Gasteiger partial charge is 0.191 e. The van der Waals surface area contributed by atoms with Crippen molar-refractivity contribution >= 4 is 17.7 Å². The molecule has 4 nitrogen and oxygen atoms in total. The highest BCUT2D eigenvalue weighted by molar-refractivity contribution is 7.99. The van der Waals surface area contributed by atoms with Gasteiger partial charge in [0, 0.05) is 31.2 Å². The Bertz CT molecular complexity index is 427. The minimum atomic E-state index is 0.643. The highest BCUT2D eigenvalue weighted by Gasteiger charge is 2.11. The summed E-state index contributed by atoms with van der Waals surface area (Å²) < 4.78 is 5.38. The van der Waals surface area contributed by atoms with Gasteiger partial charge in [0.25, 0.3) is 0 Å². The van der Waals surface area contributed by atoms with Gasteiger partial charge in [-0.25, -0.2) is 4.99 Å². The Morgan fingerprint density at radius 2 is 1.90 bits per heavy atom. The maximum atomic E-state index is 6.04. The second-order valence-electron chi connectivity index (χ2n) is 4.73. The lowest BCUT2D eigenvalue weighted by Crippen LogP contribution is -2.42. The van der Waals surface area contributed by atoms with Crippen molar-refractivity contribution in [1.29, 1.82) is 0 Å². The number of thioether (sulfide) groups is 1. The standard InChI is InChI=1S/C15H23N3OS/c1-2-19-12-14-5-3-13(4-6-14)11-17-15(16)18-7-9-20-10-8-18/h3-6H,2,7-12H2,1H3,(H2,16,17). The van der Waals surface area contributed by atoms with Gasteiger partial charge in [0.15, 0.2) is 5.96 Å². The normalized spacial score (nSPS) is 16.4. The summed E-state index contributed by atoms with van der Waals surface area (Å²) in [6.07, 6.45) is 0. The van der Waals surface area contributed by atoms with Gasteiger partial charge in [-0.15, -0.1) is 0 Å². The fourth-order valence-electron chi connectivity index (χ4n) is 2.03. The molecule has 1 aromatic carbocycles. The van der Waals surface area contributed by atoms with Crippen LogP contribution < -0.4 is 5.73 Å². The molecule has 0 amide bonds. The van der Waals surface area contributed by atoms with Gasteiger partial charge in [-0.2, -0.15) is 11.8 Å². The van der Waals surface area contributed by atoms with Crippen molar-refractivity contribution in [1.82, 2.24) is 4.90 Å². The number of guanidine groups is 1. The molecule has 1 fully saturated rings. The van der Waals surface area contributed by atoms with Crippen LogP contribution in [-0.4, -0.2) is 42.1 Å². The van der Waals surface area contributed by atoms with Crippen LogP contribution in [-0.2, 0) is 17.9 Å². The van der Waals surface area contributed by atoms with Crippen molar-refractivity contribution in [2.45, 2.75) is 20.1 Å². The Morgan fingerprint density at radius 1 is 1.25 bits per heavy atom. The average molecular weight is 293 g/mol. The molecule has 1 saturated heterocycles.